The highest BCUT2D eigenvalue weighted by Crippen LogP contribution is 2.32. The molecule has 0 amide bonds. The summed E-state index contributed by atoms with van der Waals surface area (Å²) in [5.74, 6) is 1.47. The third-order valence-corrected chi connectivity index (χ3v) is 5.06. The fraction of sp³-hybridized carbons (Fsp3) is 0.158. The molecule has 6 heteroatoms. The average molecular weight is 418 g/mol. The molecular formula is C19H14BrClN2O2. The van der Waals surface area contributed by atoms with Crippen LogP contribution in [0.5, 0.6) is 5.75 Å². The number of hydrogen-bond donors (Lipinski definition) is 0. The highest BCUT2D eigenvalue weighted by atomic mass is 79.9. The van der Waals surface area contributed by atoms with E-state index in [2.05, 4.69) is 15.9 Å². The zero-order valence-electron chi connectivity index (χ0n) is 13.4. The summed E-state index contributed by atoms with van der Waals surface area (Å²) in [7, 11) is 1.64. The molecule has 2 aromatic carbocycles. The summed E-state index contributed by atoms with van der Waals surface area (Å²) in [5.41, 5.74) is 2.55. The molecule has 0 atom stereocenters. The first-order valence-corrected chi connectivity index (χ1v) is 8.98. The van der Waals surface area contributed by atoms with E-state index in [4.69, 9.17) is 21.3 Å². The maximum absolute atomic E-state index is 12.7. The summed E-state index contributed by atoms with van der Waals surface area (Å²) in [6.07, 6.45) is 2.78. The van der Waals surface area contributed by atoms with Crippen molar-refractivity contribution < 1.29 is 4.74 Å². The SMILES string of the molecule is COc1ccc(Br)cc1C=C1CCn2c1nc1cc(Cl)ccc1c2=O. The van der Waals surface area contributed by atoms with Gasteiger partial charge in [0.1, 0.15) is 11.6 Å². The third-order valence-electron chi connectivity index (χ3n) is 4.33. The van der Waals surface area contributed by atoms with Crippen LogP contribution in [-0.2, 0) is 6.54 Å². The fourth-order valence-electron chi connectivity index (χ4n) is 3.13. The molecule has 3 aromatic rings. The normalized spacial score (nSPS) is 14.9. The first kappa shape index (κ1) is 16.4. The Kier molecular flexibility index (Phi) is 4.13. The number of ether oxygens (including phenoxy) is 1. The summed E-state index contributed by atoms with van der Waals surface area (Å²) in [6.45, 7) is 0.627. The molecule has 0 aliphatic carbocycles. The van der Waals surface area contributed by atoms with E-state index in [0.717, 1.165) is 27.8 Å². The average Bonchev–Trinajstić information content (AvgIpc) is 2.98. The van der Waals surface area contributed by atoms with E-state index in [1.807, 2.05) is 24.3 Å². The molecule has 25 heavy (non-hydrogen) atoms. The molecule has 1 aliphatic heterocycles. The molecule has 2 heterocycles. The highest BCUT2D eigenvalue weighted by molar-refractivity contribution is 9.10. The number of hydrogen-bond acceptors (Lipinski definition) is 3. The van der Waals surface area contributed by atoms with Gasteiger partial charge < -0.3 is 4.74 Å². The molecule has 126 valence electrons. The molecular weight excluding hydrogens is 404 g/mol. The number of methoxy groups -OCH3 is 1. The maximum atomic E-state index is 12.7. The number of halogens is 2. The third kappa shape index (κ3) is 2.87. The van der Waals surface area contributed by atoms with Crippen LogP contribution in [0.2, 0.25) is 5.02 Å². The number of nitrogens with zero attached hydrogens (tertiary/aromatic N) is 2. The predicted octanol–water partition coefficient (Wildman–Crippen LogP) is 4.77. The molecule has 0 unspecified atom stereocenters. The Labute approximate surface area is 157 Å². The van der Waals surface area contributed by atoms with Gasteiger partial charge >= 0.3 is 0 Å². The number of rotatable bonds is 2. The molecule has 1 aromatic heterocycles. The van der Waals surface area contributed by atoms with Gasteiger partial charge in [-0.2, -0.15) is 0 Å². The summed E-state index contributed by atoms with van der Waals surface area (Å²) in [5, 5.41) is 1.16. The lowest BCUT2D eigenvalue weighted by Gasteiger charge is -2.08. The van der Waals surface area contributed by atoms with Crippen molar-refractivity contribution >= 4 is 50.1 Å². The second-order valence-corrected chi connectivity index (χ2v) is 7.21. The van der Waals surface area contributed by atoms with Crippen LogP contribution < -0.4 is 10.3 Å². The van der Waals surface area contributed by atoms with E-state index >= 15 is 0 Å². The first-order valence-electron chi connectivity index (χ1n) is 7.81. The topological polar surface area (TPSA) is 44.1 Å². The molecule has 0 N–H and O–H groups in total. The molecule has 4 rings (SSSR count). The van der Waals surface area contributed by atoms with Crippen molar-refractivity contribution in [3.63, 3.8) is 0 Å². The lowest BCUT2D eigenvalue weighted by atomic mass is 10.1. The van der Waals surface area contributed by atoms with Crippen LogP contribution in [0.25, 0.3) is 22.6 Å². The number of fused-ring (bicyclic) bond motifs is 2. The second-order valence-electron chi connectivity index (χ2n) is 5.86. The van der Waals surface area contributed by atoms with E-state index in [-0.39, 0.29) is 5.56 Å². The molecule has 0 saturated heterocycles. The molecule has 1 aliphatic rings. The quantitative estimate of drug-likeness (QED) is 0.603. The molecule has 0 radical (unpaired) electrons. The maximum Gasteiger partial charge on any atom is 0.261 e. The van der Waals surface area contributed by atoms with Gasteiger partial charge in [-0.25, -0.2) is 4.98 Å². The number of benzene rings is 2. The van der Waals surface area contributed by atoms with Gasteiger partial charge in [0.05, 0.1) is 18.0 Å². The van der Waals surface area contributed by atoms with E-state index < -0.39 is 0 Å². The fourth-order valence-corrected chi connectivity index (χ4v) is 3.68. The minimum Gasteiger partial charge on any atom is -0.496 e. The lowest BCUT2D eigenvalue weighted by Crippen LogP contribution is -2.20. The number of aromatic nitrogens is 2. The monoisotopic (exact) mass is 416 g/mol. The van der Waals surface area contributed by atoms with Crippen molar-refractivity contribution in [3.05, 3.63) is 67.6 Å². The minimum atomic E-state index is -0.0266. The molecule has 0 bridgehead atoms. The smallest absolute Gasteiger partial charge is 0.261 e. The standard InChI is InChI=1S/C19H14BrClN2O2/c1-25-17-5-2-13(20)9-12(17)8-11-6-7-23-18(11)22-16-10-14(21)3-4-15(16)19(23)24/h2-5,8-10H,6-7H2,1H3. The van der Waals surface area contributed by atoms with E-state index in [1.54, 1.807) is 29.9 Å². The summed E-state index contributed by atoms with van der Waals surface area (Å²) in [6, 6.07) is 11.0. The molecule has 0 fully saturated rings. The van der Waals surface area contributed by atoms with Gasteiger partial charge in [-0.1, -0.05) is 27.5 Å². The summed E-state index contributed by atoms with van der Waals surface area (Å²) >= 11 is 9.55. The lowest BCUT2D eigenvalue weighted by molar-refractivity contribution is 0.414. The van der Waals surface area contributed by atoms with Crippen LogP contribution in [0, 0.1) is 0 Å². The molecule has 0 spiro atoms. The van der Waals surface area contributed by atoms with Crippen LogP contribution in [-0.4, -0.2) is 16.7 Å². The second kappa shape index (κ2) is 6.32. The molecule has 0 saturated carbocycles. The Morgan fingerprint density at radius 1 is 1.28 bits per heavy atom. The Hall–Kier alpha value is -2.11. The van der Waals surface area contributed by atoms with Crippen LogP contribution in [0.15, 0.2) is 45.7 Å². The number of allylic oxidation sites excluding steroid dienone is 1. The Morgan fingerprint density at radius 2 is 2.12 bits per heavy atom. The molecule has 4 nitrogen and oxygen atoms in total. The zero-order valence-corrected chi connectivity index (χ0v) is 15.8. The van der Waals surface area contributed by atoms with Crippen molar-refractivity contribution in [2.75, 3.05) is 7.11 Å². The van der Waals surface area contributed by atoms with Crippen LogP contribution in [0.3, 0.4) is 0 Å². The van der Waals surface area contributed by atoms with E-state index in [0.29, 0.717) is 28.3 Å². The van der Waals surface area contributed by atoms with Crippen molar-refractivity contribution in [3.8, 4) is 5.75 Å². The van der Waals surface area contributed by atoms with Gasteiger partial charge in [-0.05, 0) is 54.5 Å². The van der Waals surface area contributed by atoms with Crippen molar-refractivity contribution in [2.45, 2.75) is 13.0 Å². The van der Waals surface area contributed by atoms with E-state index in [1.165, 1.54) is 0 Å². The van der Waals surface area contributed by atoms with Gasteiger partial charge in [0.2, 0.25) is 0 Å². The van der Waals surface area contributed by atoms with Gasteiger partial charge in [0.15, 0.2) is 0 Å². The highest BCUT2D eigenvalue weighted by Gasteiger charge is 2.21. The Bertz CT molecular complexity index is 1090. The minimum absolute atomic E-state index is 0.0266. The summed E-state index contributed by atoms with van der Waals surface area (Å²) < 4.78 is 8.13. The van der Waals surface area contributed by atoms with Gasteiger partial charge in [-0.3, -0.25) is 9.36 Å². The predicted molar refractivity (Wildman–Crippen MR) is 104 cm³/mol. The van der Waals surface area contributed by atoms with Gasteiger partial charge in [-0.15, -0.1) is 0 Å². The van der Waals surface area contributed by atoms with Crippen molar-refractivity contribution in [1.29, 1.82) is 0 Å². The van der Waals surface area contributed by atoms with E-state index in [9.17, 15) is 4.79 Å². The van der Waals surface area contributed by atoms with Crippen molar-refractivity contribution in [1.82, 2.24) is 9.55 Å². The Balaban J connectivity index is 1.91. The van der Waals surface area contributed by atoms with Crippen LogP contribution in [0.1, 0.15) is 17.8 Å². The zero-order chi connectivity index (χ0) is 17.6. The van der Waals surface area contributed by atoms with Gasteiger partial charge in [0, 0.05) is 21.6 Å². The largest absolute Gasteiger partial charge is 0.496 e. The first-order chi connectivity index (χ1) is 12.1. The van der Waals surface area contributed by atoms with Crippen molar-refractivity contribution in [2.24, 2.45) is 0 Å². The summed E-state index contributed by atoms with van der Waals surface area (Å²) in [4.78, 5) is 17.4. The van der Waals surface area contributed by atoms with Crippen LogP contribution in [0.4, 0.5) is 0 Å². The Morgan fingerprint density at radius 3 is 2.92 bits per heavy atom. The van der Waals surface area contributed by atoms with Gasteiger partial charge in [0.25, 0.3) is 5.56 Å². The van der Waals surface area contributed by atoms with Crippen LogP contribution >= 0.6 is 27.5 Å².